The van der Waals surface area contributed by atoms with Gasteiger partial charge in [-0.2, -0.15) is 9.61 Å². The lowest BCUT2D eigenvalue weighted by atomic mass is 9.94. The first-order valence-electron chi connectivity index (χ1n) is 9.30. The number of nitrogens with one attached hydrogen (secondary N) is 1. The molecule has 1 aliphatic rings. The minimum absolute atomic E-state index is 0.0757. The summed E-state index contributed by atoms with van der Waals surface area (Å²) in [7, 11) is 0. The van der Waals surface area contributed by atoms with Crippen LogP contribution in [-0.4, -0.2) is 37.7 Å². The van der Waals surface area contributed by atoms with Crippen molar-refractivity contribution in [1.29, 1.82) is 0 Å². The van der Waals surface area contributed by atoms with Gasteiger partial charge >= 0.3 is 0 Å². The summed E-state index contributed by atoms with van der Waals surface area (Å²) in [5.74, 6) is 2.00. The second-order valence-corrected chi connectivity index (χ2v) is 7.00. The van der Waals surface area contributed by atoms with Gasteiger partial charge in [-0.15, -0.1) is 0 Å². The number of anilines is 1. The predicted molar refractivity (Wildman–Crippen MR) is 101 cm³/mol. The Morgan fingerprint density at radius 2 is 2.19 bits per heavy atom. The fraction of sp³-hybridized carbons (Fsp3) is 0.474. The summed E-state index contributed by atoms with van der Waals surface area (Å²) in [5.41, 5.74) is 2.80. The Hall–Kier alpha value is -2.70. The van der Waals surface area contributed by atoms with Crippen LogP contribution in [0.1, 0.15) is 49.3 Å². The van der Waals surface area contributed by atoms with Crippen LogP contribution in [0.4, 0.5) is 5.82 Å². The standard InChI is InChI=1S/C19H24N6O/c1-3-5-15-10-19(25-17(23-15)7-8-20-25)24-9-4-6-14(12-24)16-11-18(26)22-13(2)21-16/h7-8,10-11,14H,3-6,9,12H2,1-2H3,(H,21,22,26)/t14-/m1/s1. The first-order valence-corrected chi connectivity index (χ1v) is 9.30. The van der Waals surface area contributed by atoms with Crippen LogP contribution in [0.3, 0.4) is 0 Å². The van der Waals surface area contributed by atoms with E-state index in [1.165, 1.54) is 0 Å². The Labute approximate surface area is 152 Å². The van der Waals surface area contributed by atoms with Gasteiger partial charge in [0.15, 0.2) is 5.65 Å². The van der Waals surface area contributed by atoms with Gasteiger partial charge in [-0.1, -0.05) is 13.3 Å². The topological polar surface area (TPSA) is 79.2 Å². The van der Waals surface area contributed by atoms with Crippen molar-refractivity contribution in [1.82, 2.24) is 24.6 Å². The van der Waals surface area contributed by atoms with Crippen LogP contribution >= 0.6 is 0 Å². The van der Waals surface area contributed by atoms with Crippen LogP contribution in [-0.2, 0) is 6.42 Å². The lowest BCUT2D eigenvalue weighted by Gasteiger charge is -2.34. The van der Waals surface area contributed by atoms with Crippen molar-refractivity contribution >= 4 is 11.5 Å². The molecule has 1 N–H and O–H groups in total. The van der Waals surface area contributed by atoms with Gasteiger partial charge in [0.2, 0.25) is 0 Å². The molecule has 1 aliphatic heterocycles. The van der Waals surface area contributed by atoms with Crippen LogP contribution in [0.5, 0.6) is 0 Å². The SMILES string of the molecule is CCCc1cc(N2CCC[C@@H](c3cc(=O)[nH]c(C)n3)C2)n2nccc2n1. The Kier molecular flexibility index (Phi) is 4.44. The quantitative estimate of drug-likeness (QED) is 0.780. The highest BCUT2D eigenvalue weighted by Crippen LogP contribution is 2.29. The first kappa shape index (κ1) is 16.8. The maximum Gasteiger partial charge on any atom is 0.251 e. The minimum Gasteiger partial charge on any atom is -0.356 e. The van der Waals surface area contributed by atoms with E-state index in [1.807, 2.05) is 17.5 Å². The molecule has 1 saturated heterocycles. The van der Waals surface area contributed by atoms with Crippen LogP contribution in [0.25, 0.3) is 5.65 Å². The fourth-order valence-electron chi connectivity index (χ4n) is 3.79. The second kappa shape index (κ2) is 6.90. The van der Waals surface area contributed by atoms with Crippen LogP contribution in [0, 0.1) is 6.92 Å². The van der Waals surface area contributed by atoms with Gasteiger partial charge in [0.05, 0.1) is 11.9 Å². The summed E-state index contributed by atoms with van der Waals surface area (Å²) in [6.45, 7) is 5.81. The zero-order valence-corrected chi connectivity index (χ0v) is 15.3. The first-order chi connectivity index (χ1) is 12.6. The Balaban J connectivity index is 1.68. The minimum atomic E-state index is -0.0757. The highest BCUT2D eigenvalue weighted by Gasteiger charge is 2.25. The molecule has 0 spiro atoms. The lowest BCUT2D eigenvalue weighted by molar-refractivity contribution is 0.493. The van der Waals surface area contributed by atoms with Crippen molar-refractivity contribution in [2.45, 2.75) is 45.4 Å². The summed E-state index contributed by atoms with van der Waals surface area (Å²) in [6, 6.07) is 5.74. The lowest BCUT2D eigenvalue weighted by Crippen LogP contribution is -2.36. The maximum atomic E-state index is 11.8. The number of piperidine rings is 1. The largest absolute Gasteiger partial charge is 0.356 e. The number of hydrogen-bond donors (Lipinski definition) is 1. The molecule has 0 unspecified atom stereocenters. The molecule has 7 nitrogen and oxygen atoms in total. The molecule has 0 bridgehead atoms. The molecule has 0 aromatic carbocycles. The number of rotatable bonds is 4. The molecule has 26 heavy (non-hydrogen) atoms. The Bertz CT molecular complexity index is 976. The molecule has 3 aromatic heterocycles. The van der Waals surface area contributed by atoms with E-state index in [1.54, 1.807) is 12.3 Å². The number of nitrogens with zero attached hydrogens (tertiary/aromatic N) is 5. The van der Waals surface area contributed by atoms with Gasteiger partial charge < -0.3 is 9.88 Å². The van der Waals surface area contributed by atoms with Gasteiger partial charge in [-0.25, -0.2) is 9.97 Å². The molecular formula is C19H24N6O. The molecule has 136 valence electrons. The third kappa shape index (κ3) is 3.21. The summed E-state index contributed by atoms with van der Waals surface area (Å²) in [4.78, 5) is 26.2. The van der Waals surface area contributed by atoms with Gasteiger partial charge in [0.25, 0.3) is 5.56 Å². The van der Waals surface area contributed by atoms with Crippen LogP contribution in [0.15, 0.2) is 29.2 Å². The molecule has 0 amide bonds. The number of aryl methyl sites for hydroxylation is 2. The van der Waals surface area contributed by atoms with E-state index in [2.05, 4.69) is 33.0 Å². The van der Waals surface area contributed by atoms with Crippen LogP contribution < -0.4 is 10.5 Å². The maximum absolute atomic E-state index is 11.8. The highest BCUT2D eigenvalue weighted by atomic mass is 16.1. The van der Waals surface area contributed by atoms with Gasteiger partial charge in [-0.05, 0) is 26.2 Å². The molecule has 4 rings (SSSR count). The summed E-state index contributed by atoms with van der Waals surface area (Å²) in [5, 5.41) is 4.46. The van der Waals surface area contributed by atoms with Crippen LogP contribution in [0.2, 0.25) is 0 Å². The molecule has 0 radical (unpaired) electrons. The Morgan fingerprint density at radius 1 is 1.31 bits per heavy atom. The number of fused-ring (bicyclic) bond motifs is 1. The van der Waals surface area contributed by atoms with Crippen molar-refractivity contribution in [3.05, 3.63) is 52.0 Å². The van der Waals surface area contributed by atoms with E-state index in [0.29, 0.717) is 5.82 Å². The monoisotopic (exact) mass is 352 g/mol. The van der Waals surface area contributed by atoms with E-state index < -0.39 is 0 Å². The van der Waals surface area contributed by atoms with E-state index in [9.17, 15) is 4.79 Å². The molecular weight excluding hydrogens is 328 g/mol. The van der Waals surface area contributed by atoms with Gasteiger partial charge in [0.1, 0.15) is 11.6 Å². The average Bonchev–Trinajstić information content (AvgIpc) is 3.09. The van der Waals surface area contributed by atoms with Gasteiger partial charge in [-0.3, -0.25) is 4.79 Å². The molecule has 1 fully saturated rings. The molecule has 4 heterocycles. The third-order valence-electron chi connectivity index (χ3n) is 4.94. The van der Waals surface area contributed by atoms with Crippen molar-refractivity contribution in [2.24, 2.45) is 0 Å². The molecule has 3 aromatic rings. The molecule has 0 aliphatic carbocycles. The number of aromatic amines is 1. The van der Waals surface area contributed by atoms with Crippen molar-refractivity contribution in [2.75, 3.05) is 18.0 Å². The second-order valence-electron chi connectivity index (χ2n) is 7.00. The van der Waals surface area contributed by atoms with E-state index in [-0.39, 0.29) is 11.5 Å². The highest BCUT2D eigenvalue weighted by molar-refractivity contribution is 5.51. The van der Waals surface area contributed by atoms with Crippen molar-refractivity contribution < 1.29 is 0 Å². The Morgan fingerprint density at radius 3 is 3.00 bits per heavy atom. The van der Waals surface area contributed by atoms with E-state index >= 15 is 0 Å². The van der Waals surface area contributed by atoms with Gasteiger partial charge in [0, 0.05) is 42.9 Å². The van der Waals surface area contributed by atoms with Crippen molar-refractivity contribution in [3.8, 4) is 0 Å². The summed E-state index contributed by atoms with van der Waals surface area (Å²) >= 11 is 0. The summed E-state index contributed by atoms with van der Waals surface area (Å²) in [6.07, 6.45) is 5.93. The number of hydrogen-bond acceptors (Lipinski definition) is 5. The average molecular weight is 352 g/mol. The van der Waals surface area contributed by atoms with E-state index in [0.717, 1.165) is 61.6 Å². The number of H-pyrrole nitrogens is 1. The third-order valence-corrected chi connectivity index (χ3v) is 4.94. The molecule has 1 atom stereocenters. The normalized spacial score (nSPS) is 17.8. The van der Waals surface area contributed by atoms with Crippen molar-refractivity contribution in [3.63, 3.8) is 0 Å². The molecule has 7 heteroatoms. The predicted octanol–water partition coefficient (Wildman–Crippen LogP) is 2.46. The number of aromatic nitrogens is 5. The molecule has 0 saturated carbocycles. The zero-order chi connectivity index (χ0) is 18.1. The summed E-state index contributed by atoms with van der Waals surface area (Å²) < 4.78 is 1.91. The fourth-order valence-corrected chi connectivity index (χ4v) is 3.79. The zero-order valence-electron chi connectivity index (χ0n) is 15.3. The smallest absolute Gasteiger partial charge is 0.251 e. The van der Waals surface area contributed by atoms with E-state index in [4.69, 9.17) is 4.98 Å².